The molecule has 0 unspecified atom stereocenters. The van der Waals surface area contributed by atoms with Gasteiger partial charge in [-0.1, -0.05) is 50.1 Å². The smallest absolute Gasteiger partial charge is 0.406 e. The predicted octanol–water partition coefficient (Wildman–Crippen LogP) is 5.79. The summed E-state index contributed by atoms with van der Waals surface area (Å²) >= 11 is 0. The first kappa shape index (κ1) is 26.2. The third kappa shape index (κ3) is 6.89. The van der Waals surface area contributed by atoms with E-state index in [1.165, 1.54) is 18.2 Å². The van der Waals surface area contributed by atoms with E-state index >= 15 is 0 Å². The van der Waals surface area contributed by atoms with E-state index in [1.54, 1.807) is 29.6 Å². The Kier molecular flexibility index (Phi) is 8.14. The van der Waals surface area contributed by atoms with Gasteiger partial charge in [0.2, 0.25) is 5.91 Å². The van der Waals surface area contributed by atoms with Gasteiger partial charge in [0.05, 0.1) is 25.1 Å². The summed E-state index contributed by atoms with van der Waals surface area (Å²) in [6.07, 6.45) is 1.52. The molecule has 0 spiro atoms. The van der Waals surface area contributed by atoms with E-state index in [4.69, 9.17) is 6.57 Å². The summed E-state index contributed by atoms with van der Waals surface area (Å²) in [7, 11) is 0. The van der Waals surface area contributed by atoms with Crippen LogP contribution in [0.4, 0.5) is 24.5 Å². The molecule has 2 aromatic carbocycles. The van der Waals surface area contributed by atoms with Gasteiger partial charge in [-0.05, 0) is 24.1 Å². The van der Waals surface area contributed by atoms with Crippen molar-refractivity contribution < 1.29 is 22.7 Å². The molecule has 3 aromatic rings. The number of amides is 1. The highest BCUT2D eigenvalue weighted by Crippen LogP contribution is 2.30. The molecule has 0 bridgehead atoms. The number of alkyl halides is 3. The molecule has 194 valence electrons. The quantitative estimate of drug-likeness (QED) is 0.342. The fraction of sp³-hybridized carbons (Fsp3) is 0.370. The van der Waals surface area contributed by atoms with Gasteiger partial charge < -0.3 is 14.2 Å². The molecule has 1 amide bonds. The van der Waals surface area contributed by atoms with Crippen LogP contribution in [0.1, 0.15) is 37.4 Å². The molecule has 0 aliphatic carbocycles. The van der Waals surface area contributed by atoms with Crippen LogP contribution in [0.2, 0.25) is 0 Å². The number of hydrogen-bond acceptors (Lipinski definition) is 4. The minimum Gasteiger partial charge on any atom is -0.406 e. The van der Waals surface area contributed by atoms with Crippen molar-refractivity contribution in [2.75, 3.05) is 18.0 Å². The van der Waals surface area contributed by atoms with Gasteiger partial charge in [-0.15, -0.1) is 13.2 Å². The Labute approximate surface area is 213 Å². The van der Waals surface area contributed by atoms with E-state index in [9.17, 15) is 18.0 Å². The summed E-state index contributed by atoms with van der Waals surface area (Å²) in [6, 6.07) is 13.0. The average Bonchev–Trinajstić information content (AvgIpc) is 3.29. The minimum absolute atomic E-state index is 0.0265. The summed E-state index contributed by atoms with van der Waals surface area (Å²) < 4.78 is 44.2. The summed E-state index contributed by atoms with van der Waals surface area (Å²) in [5.41, 5.74) is 2.89. The molecule has 37 heavy (non-hydrogen) atoms. The molecule has 1 saturated heterocycles. The maximum atomic E-state index is 13.2. The molecular weight excluding hydrogens is 483 g/mol. The maximum Gasteiger partial charge on any atom is 0.573 e. The van der Waals surface area contributed by atoms with Crippen molar-refractivity contribution in [3.05, 3.63) is 83.7 Å². The van der Waals surface area contributed by atoms with Crippen LogP contribution in [0.25, 0.3) is 4.85 Å². The third-order valence-corrected chi connectivity index (χ3v) is 6.36. The Morgan fingerprint density at radius 2 is 1.97 bits per heavy atom. The molecule has 2 heterocycles. The van der Waals surface area contributed by atoms with Crippen molar-refractivity contribution >= 4 is 17.3 Å². The zero-order valence-electron chi connectivity index (χ0n) is 20.5. The highest BCUT2D eigenvalue weighted by molar-refractivity contribution is 5.95. The van der Waals surface area contributed by atoms with Crippen LogP contribution in [-0.2, 0) is 17.9 Å². The van der Waals surface area contributed by atoms with E-state index in [2.05, 4.69) is 26.4 Å². The number of nitrogens with zero attached hydrogens (tertiary/aromatic N) is 5. The number of benzene rings is 2. The van der Waals surface area contributed by atoms with Crippen molar-refractivity contribution in [2.24, 2.45) is 0 Å². The second-order valence-corrected chi connectivity index (χ2v) is 9.05. The number of aromatic nitrogens is 2. The molecule has 1 aliphatic heterocycles. The number of anilines is 1. The number of halogens is 3. The van der Waals surface area contributed by atoms with Crippen LogP contribution in [0.3, 0.4) is 0 Å². The highest BCUT2D eigenvalue weighted by Gasteiger charge is 2.34. The molecule has 1 atom stereocenters. The van der Waals surface area contributed by atoms with Gasteiger partial charge in [-0.3, -0.25) is 9.69 Å². The van der Waals surface area contributed by atoms with Gasteiger partial charge in [0.1, 0.15) is 5.75 Å². The number of carbonyl (C=O) groups excluding carboxylic acids is 1. The number of rotatable bonds is 9. The van der Waals surface area contributed by atoms with Crippen LogP contribution in [0.15, 0.2) is 61.1 Å². The topological polar surface area (TPSA) is 55.0 Å². The summed E-state index contributed by atoms with van der Waals surface area (Å²) in [4.78, 5) is 24.6. The molecule has 0 N–H and O–H groups in total. The van der Waals surface area contributed by atoms with Gasteiger partial charge >= 0.3 is 6.36 Å². The molecule has 7 nitrogen and oxygen atoms in total. The molecule has 4 rings (SSSR count). The zero-order valence-corrected chi connectivity index (χ0v) is 20.5. The van der Waals surface area contributed by atoms with Crippen LogP contribution >= 0.6 is 0 Å². The predicted molar refractivity (Wildman–Crippen MR) is 133 cm³/mol. The third-order valence-electron chi connectivity index (χ3n) is 6.36. The second kappa shape index (κ2) is 11.5. The maximum absolute atomic E-state index is 13.2. The Morgan fingerprint density at radius 3 is 2.73 bits per heavy atom. The number of ether oxygens (including phenoxy) is 1. The summed E-state index contributed by atoms with van der Waals surface area (Å²) in [6.45, 7) is 10.9. The molecule has 1 aromatic heterocycles. The van der Waals surface area contributed by atoms with E-state index in [-0.39, 0.29) is 24.2 Å². The van der Waals surface area contributed by atoms with E-state index in [0.29, 0.717) is 31.0 Å². The fourth-order valence-corrected chi connectivity index (χ4v) is 4.56. The van der Waals surface area contributed by atoms with Crippen molar-refractivity contribution in [1.29, 1.82) is 0 Å². The van der Waals surface area contributed by atoms with Crippen LogP contribution < -0.4 is 9.64 Å². The molecular formula is C27H28F3N5O2. The van der Waals surface area contributed by atoms with Crippen molar-refractivity contribution in [3.8, 4) is 5.75 Å². The van der Waals surface area contributed by atoms with Gasteiger partial charge in [0, 0.05) is 43.6 Å². The lowest BCUT2D eigenvalue weighted by molar-refractivity contribution is -0.274. The first-order valence-corrected chi connectivity index (χ1v) is 12.1. The van der Waals surface area contributed by atoms with Gasteiger partial charge in [-0.25, -0.2) is 9.83 Å². The molecule has 1 fully saturated rings. The first-order chi connectivity index (χ1) is 17.8. The summed E-state index contributed by atoms with van der Waals surface area (Å²) in [5, 5.41) is 0. The number of piperazine rings is 1. The molecule has 10 heteroatoms. The zero-order chi connectivity index (χ0) is 26.4. The van der Waals surface area contributed by atoms with Gasteiger partial charge in [0.25, 0.3) is 0 Å². The Morgan fingerprint density at radius 1 is 1.16 bits per heavy atom. The number of hydrogen-bond donors (Lipinski definition) is 0. The van der Waals surface area contributed by atoms with E-state index < -0.39 is 6.36 Å². The lowest BCUT2D eigenvalue weighted by Gasteiger charge is -2.41. The lowest BCUT2D eigenvalue weighted by Crippen LogP contribution is -2.56. The largest absolute Gasteiger partial charge is 0.573 e. The number of imidazole rings is 1. The Balaban J connectivity index is 1.51. The number of unbranched alkanes of at least 4 members (excludes halogenated alkanes) is 1. The van der Waals surface area contributed by atoms with Crippen LogP contribution in [0, 0.1) is 6.57 Å². The second-order valence-electron chi connectivity index (χ2n) is 9.05. The Hall–Kier alpha value is -3.84. The van der Waals surface area contributed by atoms with E-state index in [1.807, 2.05) is 22.8 Å². The van der Waals surface area contributed by atoms with Crippen molar-refractivity contribution in [1.82, 2.24) is 14.5 Å². The highest BCUT2D eigenvalue weighted by atomic mass is 19.4. The SMILES string of the molecule is [C-]#[N+]c1cccc(Cn2cncc2CN2CC(=O)N(c3cccc(OC(F)(F)F)c3)C[C@@H]2CCCC)c1. The van der Waals surface area contributed by atoms with Crippen LogP contribution in [-0.4, -0.2) is 45.9 Å². The molecule has 1 aliphatic rings. The van der Waals surface area contributed by atoms with Crippen LogP contribution in [0.5, 0.6) is 5.75 Å². The van der Waals surface area contributed by atoms with Crippen molar-refractivity contribution in [3.63, 3.8) is 0 Å². The van der Waals surface area contributed by atoms with E-state index in [0.717, 1.165) is 30.5 Å². The monoisotopic (exact) mass is 511 g/mol. The molecule has 0 saturated carbocycles. The lowest BCUT2D eigenvalue weighted by atomic mass is 10.0. The summed E-state index contributed by atoms with van der Waals surface area (Å²) in [5.74, 6) is -0.538. The van der Waals surface area contributed by atoms with Crippen molar-refractivity contribution in [2.45, 2.75) is 51.7 Å². The fourth-order valence-electron chi connectivity index (χ4n) is 4.56. The average molecular weight is 512 g/mol. The Bertz CT molecular complexity index is 1270. The molecule has 0 radical (unpaired) electrons. The van der Waals surface area contributed by atoms with Gasteiger partial charge in [-0.2, -0.15) is 0 Å². The minimum atomic E-state index is -4.80. The number of carbonyl (C=O) groups is 1. The first-order valence-electron chi connectivity index (χ1n) is 12.1. The standard InChI is InChI=1S/C27H28F3N5O2/c1-3-4-9-23-17-35(22-10-6-11-25(13-22)37-27(28,29)30)26(36)18-33(23)16-24-14-32-19-34(24)15-20-7-5-8-21(12-20)31-2/h5-8,10-14,19,23H,3-4,9,15-18H2,1H3/t23-/m0/s1. The van der Waals surface area contributed by atoms with Gasteiger partial charge in [0.15, 0.2) is 5.69 Å². The normalized spacial score (nSPS) is 16.6.